The fraction of sp³-hybridized carbons (Fsp3) is 0.917. The summed E-state index contributed by atoms with van der Waals surface area (Å²) in [6.07, 6.45) is 2.46. The van der Waals surface area contributed by atoms with Gasteiger partial charge in [-0.25, -0.2) is 0 Å². The lowest BCUT2D eigenvalue weighted by Crippen LogP contribution is -2.50. The Morgan fingerprint density at radius 3 is 2.82 bits per heavy atom. The molecule has 0 spiro atoms. The molecule has 1 aliphatic rings. The highest BCUT2D eigenvalue weighted by Gasteiger charge is 2.25. The number of nitrogens with zero attached hydrogens (tertiary/aromatic N) is 1. The lowest BCUT2D eigenvalue weighted by atomic mass is 9.92. The lowest BCUT2D eigenvalue weighted by Gasteiger charge is -2.37. The molecule has 0 aromatic heterocycles. The standard InChI is InChI=1S/C12H24N2O3/c1-2-10-7-11(13-4-6-15)9-14(8-10)5-3-12(16)17/h10-11,13,15H,2-9H2,1H3,(H,16,17). The summed E-state index contributed by atoms with van der Waals surface area (Å²) < 4.78 is 0. The molecule has 1 fully saturated rings. The van der Waals surface area contributed by atoms with Crippen molar-refractivity contribution in [1.82, 2.24) is 10.2 Å². The third kappa shape index (κ3) is 5.48. The Hall–Kier alpha value is -0.650. The van der Waals surface area contributed by atoms with Gasteiger partial charge < -0.3 is 20.4 Å². The van der Waals surface area contributed by atoms with Crippen LogP contribution in [0.25, 0.3) is 0 Å². The average molecular weight is 244 g/mol. The second-order valence-electron chi connectivity index (χ2n) is 4.79. The third-order valence-electron chi connectivity index (χ3n) is 3.38. The van der Waals surface area contributed by atoms with Crippen LogP contribution in [0, 0.1) is 5.92 Å². The fourth-order valence-corrected chi connectivity index (χ4v) is 2.45. The molecule has 0 aliphatic carbocycles. The molecule has 0 amide bonds. The van der Waals surface area contributed by atoms with Gasteiger partial charge in [0.05, 0.1) is 13.0 Å². The van der Waals surface area contributed by atoms with Crippen molar-refractivity contribution in [3.05, 3.63) is 0 Å². The predicted octanol–water partition coefficient (Wildman–Crippen LogP) is 0.144. The van der Waals surface area contributed by atoms with E-state index >= 15 is 0 Å². The molecule has 0 saturated carbocycles. The van der Waals surface area contributed by atoms with Crippen LogP contribution in [-0.2, 0) is 4.79 Å². The molecule has 17 heavy (non-hydrogen) atoms. The zero-order chi connectivity index (χ0) is 12.7. The second kappa shape index (κ2) is 7.63. The van der Waals surface area contributed by atoms with E-state index in [1.807, 2.05) is 0 Å². The highest BCUT2D eigenvalue weighted by Crippen LogP contribution is 2.19. The molecule has 2 unspecified atom stereocenters. The summed E-state index contributed by atoms with van der Waals surface area (Å²) in [5.41, 5.74) is 0. The molecule has 1 aliphatic heterocycles. The number of carboxylic acids is 1. The van der Waals surface area contributed by atoms with E-state index in [9.17, 15) is 4.79 Å². The number of aliphatic carboxylic acids is 1. The van der Waals surface area contributed by atoms with Crippen molar-refractivity contribution in [3.8, 4) is 0 Å². The monoisotopic (exact) mass is 244 g/mol. The van der Waals surface area contributed by atoms with Gasteiger partial charge in [0.1, 0.15) is 0 Å². The maximum absolute atomic E-state index is 10.6. The van der Waals surface area contributed by atoms with Crippen LogP contribution in [0.2, 0.25) is 0 Å². The van der Waals surface area contributed by atoms with E-state index in [1.165, 1.54) is 0 Å². The molecule has 0 radical (unpaired) electrons. The second-order valence-corrected chi connectivity index (χ2v) is 4.79. The Balaban J connectivity index is 2.39. The normalized spacial score (nSPS) is 26.0. The number of carboxylic acid groups (broad SMARTS) is 1. The van der Waals surface area contributed by atoms with E-state index in [0.29, 0.717) is 25.0 Å². The van der Waals surface area contributed by atoms with Gasteiger partial charge in [0.25, 0.3) is 0 Å². The molecule has 5 nitrogen and oxygen atoms in total. The van der Waals surface area contributed by atoms with E-state index < -0.39 is 5.97 Å². The Morgan fingerprint density at radius 1 is 1.47 bits per heavy atom. The van der Waals surface area contributed by atoms with Crippen molar-refractivity contribution in [2.75, 3.05) is 32.8 Å². The minimum atomic E-state index is -0.733. The van der Waals surface area contributed by atoms with Gasteiger partial charge in [-0.1, -0.05) is 13.3 Å². The van der Waals surface area contributed by atoms with E-state index in [4.69, 9.17) is 10.2 Å². The summed E-state index contributed by atoms with van der Waals surface area (Å²) in [4.78, 5) is 12.8. The molecule has 1 saturated heterocycles. The van der Waals surface area contributed by atoms with Crippen LogP contribution in [0.1, 0.15) is 26.2 Å². The molecule has 1 heterocycles. The van der Waals surface area contributed by atoms with Crippen LogP contribution >= 0.6 is 0 Å². The van der Waals surface area contributed by atoms with Gasteiger partial charge in [-0.2, -0.15) is 0 Å². The molecule has 3 N–H and O–H groups in total. The number of aliphatic hydroxyl groups excluding tert-OH is 1. The molecule has 100 valence electrons. The van der Waals surface area contributed by atoms with Gasteiger partial charge in [-0.15, -0.1) is 0 Å². The van der Waals surface area contributed by atoms with Crippen molar-refractivity contribution in [1.29, 1.82) is 0 Å². The Morgan fingerprint density at radius 2 is 2.24 bits per heavy atom. The van der Waals surface area contributed by atoms with Gasteiger partial charge in [-0.3, -0.25) is 4.79 Å². The first-order chi connectivity index (χ1) is 8.15. The van der Waals surface area contributed by atoms with E-state index in [1.54, 1.807) is 0 Å². The van der Waals surface area contributed by atoms with Crippen LogP contribution in [0.4, 0.5) is 0 Å². The zero-order valence-electron chi connectivity index (χ0n) is 10.6. The first-order valence-electron chi connectivity index (χ1n) is 6.44. The number of aliphatic hydroxyl groups is 1. The number of rotatable bonds is 7. The van der Waals surface area contributed by atoms with Gasteiger partial charge in [0, 0.05) is 32.2 Å². The lowest BCUT2D eigenvalue weighted by molar-refractivity contribution is -0.137. The minimum Gasteiger partial charge on any atom is -0.481 e. The van der Waals surface area contributed by atoms with Crippen molar-refractivity contribution < 1.29 is 15.0 Å². The van der Waals surface area contributed by atoms with E-state index in [2.05, 4.69) is 17.1 Å². The maximum Gasteiger partial charge on any atom is 0.304 e. The van der Waals surface area contributed by atoms with E-state index in [0.717, 1.165) is 25.9 Å². The van der Waals surface area contributed by atoms with Gasteiger partial charge >= 0.3 is 5.97 Å². The smallest absolute Gasteiger partial charge is 0.304 e. The summed E-state index contributed by atoms with van der Waals surface area (Å²) in [6.45, 7) is 5.47. The van der Waals surface area contributed by atoms with Crippen molar-refractivity contribution in [3.63, 3.8) is 0 Å². The molecule has 0 aromatic carbocycles. The Kier molecular flexibility index (Phi) is 6.47. The molecule has 0 bridgehead atoms. The number of carbonyl (C=O) groups is 1. The third-order valence-corrected chi connectivity index (χ3v) is 3.38. The first kappa shape index (κ1) is 14.4. The largest absolute Gasteiger partial charge is 0.481 e. The fourth-order valence-electron chi connectivity index (χ4n) is 2.45. The van der Waals surface area contributed by atoms with Crippen LogP contribution < -0.4 is 5.32 Å². The zero-order valence-corrected chi connectivity index (χ0v) is 10.6. The number of likely N-dealkylation sites (tertiary alicyclic amines) is 1. The summed E-state index contributed by atoms with van der Waals surface area (Å²) >= 11 is 0. The van der Waals surface area contributed by atoms with Crippen LogP contribution in [0.5, 0.6) is 0 Å². The van der Waals surface area contributed by atoms with Gasteiger partial charge in [0.2, 0.25) is 0 Å². The van der Waals surface area contributed by atoms with E-state index in [-0.39, 0.29) is 13.0 Å². The molecule has 2 atom stereocenters. The number of hydrogen-bond donors (Lipinski definition) is 3. The molecule has 0 aromatic rings. The highest BCUT2D eigenvalue weighted by molar-refractivity contribution is 5.66. The Labute approximate surface area is 103 Å². The van der Waals surface area contributed by atoms with Crippen molar-refractivity contribution >= 4 is 5.97 Å². The molecular formula is C12H24N2O3. The van der Waals surface area contributed by atoms with Gasteiger partial charge in [-0.05, 0) is 12.3 Å². The number of nitrogens with one attached hydrogen (secondary N) is 1. The quantitative estimate of drug-likeness (QED) is 0.594. The maximum atomic E-state index is 10.6. The average Bonchev–Trinajstić information content (AvgIpc) is 2.33. The highest BCUT2D eigenvalue weighted by atomic mass is 16.4. The van der Waals surface area contributed by atoms with Crippen LogP contribution in [0.15, 0.2) is 0 Å². The summed E-state index contributed by atoms with van der Waals surface area (Å²) in [6, 6.07) is 0.384. The van der Waals surface area contributed by atoms with Crippen LogP contribution in [0.3, 0.4) is 0 Å². The van der Waals surface area contributed by atoms with Crippen molar-refractivity contribution in [2.45, 2.75) is 32.2 Å². The predicted molar refractivity (Wildman–Crippen MR) is 66.0 cm³/mol. The summed E-state index contributed by atoms with van der Waals surface area (Å²) in [7, 11) is 0. The topological polar surface area (TPSA) is 72.8 Å². The summed E-state index contributed by atoms with van der Waals surface area (Å²) in [5, 5.41) is 20.8. The first-order valence-corrected chi connectivity index (χ1v) is 6.44. The Bertz CT molecular complexity index is 236. The van der Waals surface area contributed by atoms with Crippen molar-refractivity contribution in [2.24, 2.45) is 5.92 Å². The molecule has 1 rings (SSSR count). The van der Waals surface area contributed by atoms with Crippen LogP contribution in [-0.4, -0.2) is 59.9 Å². The summed E-state index contributed by atoms with van der Waals surface area (Å²) in [5.74, 6) is -0.0998. The molecular weight excluding hydrogens is 220 g/mol. The SMILES string of the molecule is CCC1CC(NCCO)CN(CCC(=O)O)C1. The minimum absolute atomic E-state index is 0.155. The number of piperidine rings is 1. The molecule has 5 heteroatoms. The van der Waals surface area contributed by atoms with Gasteiger partial charge in [0.15, 0.2) is 0 Å². The number of hydrogen-bond acceptors (Lipinski definition) is 4.